The summed E-state index contributed by atoms with van der Waals surface area (Å²) in [6, 6.07) is 59.9. The second-order valence-corrected chi connectivity index (χ2v) is 13.7. The first-order chi connectivity index (χ1) is 27.2. The van der Waals surface area contributed by atoms with Gasteiger partial charge < -0.3 is 4.42 Å². The smallest absolute Gasteiger partial charge is 0.167 e. The van der Waals surface area contributed by atoms with Gasteiger partial charge in [-0.15, -0.1) is 0 Å². The van der Waals surface area contributed by atoms with Crippen molar-refractivity contribution in [3.8, 4) is 56.7 Å². The summed E-state index contributed by atoms with van der Waals surface area (Å²) in [7, 11) is 0. The summed E-state index contributed by atoms with van der Waals surface area (Å²) in [6.07, 6.45) is 0. The molecule has 6 heteroatoms. The van der Waals surface area contributed by atoms with Gasteiger partial charge in [0.05, 0.1) is 28.0 Å². The van der Waals surface area contributed by atoms with E-state index in [-0.39, 0.29) is 0 Å². The molecule has 0 amide bonds. The average Bonchev–Trinajstić information content (AvgIpc) is 3.65. The van der Waals surface area contributed by atoms with E-state index in [0.717, 1.165) is 82.9 Å². The number of benzene rings is 7. The number of hydrogen-bond acceptors (Lipinski definition) is 6. The van der Waals surface area contributed by atoms with Crippen LogP contribution in [0, 0.1) is 0 Å². The van der Waals surface area contributed by atoms with Crippen molar-refractivity contribution in [2.45, 2.75) is 0 Å². The molecule has 0 radical (unpaired) electrons. The van der Waals surface area contributed by atoms with Crippen molar-refractivity contribution in [2.24, 2.45) is 0 Å². The van der Waals surface area contributed by atoms with E-state index in [1.807, 2.05) is 72.8 Å². The van der Waals surface area contributed by atoms with E-state index in [2.05, 4.69) is 103 Å². The molecule has 0 N–H and O–H groups in total. The van der Waals surface area contributed by atoms with E-state index < -0.39 is 0 Å². The fourth-order valence-corrected chi connectivity index (χ4v) is 7.59. The molecular weight excluding hydrogens is 675 g/mol. The molecule has 0 bridgehead atoms. The summed E-state index contributed by atoms with van der Waals surface area (Å²) in [6.45, 7) is 0. The molecule has 0 fully saturated rings. The molecule has 0 unspecified atom stereocenters. The van der Waals surface area contributed by atoms with Gasteiger partial charge in [0.1, 0.15) is 11.2 Å². The molecule has 0 saturated carbocycles. The standard InChI is InChI=1S/C49H29N5O/c1-2-12-33(13-3-1)47-52-48(54-49(53-47)40-19-10-18-38-37-16-8-9-20-43(37)55-46(38)40)39-17-7-6-15-36(39)42-28-26-32-23-22-31-25-27-41(50-44(31)45(32)51-42)35-24-21-30-11-4-5-14-34(30)29-35/h1-29H. The van der Waals surface area contributed by atoms with Gasteiger partial charge in [-0.2, -0.15) is 0 Å². The minimum absolute atomic E-state index is 0.534. The van der Waals surface area contributed by atoms with Crippen LogP contribution in [0.3, 0.4) is 0 Å². The molecule has 7 aromatic carbocycles. The minimum Gasteiger partial charge on any atom is -0.455 e. The predicted octanol–water partition coefficient (Wildman–Crippen LogP) is 12.4. The first-order valence-corrected chi connectivity index (χ1v) is 18.3. The largest absolute Gasteiger partial charge is 0.455 e. The van der Waals surface area contributed by atoms with E-state index in [0.29, 0.717) is 17.5 Å². The van der Waals surface area contributed by atoms with Gasteiger partial charge in [0.15, 0.2) is 17.5 Å². The van der Waals surface area contributed by atoms with E-state index in [1.54, 1.807) is 0 Å². The molecule has 0 aliphatic carbocycles. The maximum Gasteiger partial charge on any atom is 0.167 e. The molecule has 6 nitrogen and oxygen atoms in total. The third-order valence-corrected chi connectivity index (χ3v) is 10.3. The molecule has 0 saturated heterocycles. The van der Waals surface area contributed by atoms with Crippen LogP contribution in [0.1, 0.15) is 0 Å². The van der Waals surface area contributed by atoms with Crippen molar-refractivity contribution in [3.63, 3.8) is 0 Å². The van der Waals surface area contributed by atoms with Crippen LogP contribution in [0.15, 0.2) is 180 Å². The molecule has 55 heavy (non-hydrogen) atoms. The van der Waals surface area contributed by atoms with Crippen LogP contribution in [-0.4, -0.2) is 24.9 Å². The van der Waals surface area contributed by atoms with Crippen LogP contribution < -0.4 is 0 Å². The Balaban J connectivity index is 1.08. The number of pyridine rings is 2. The van der Waals surface area contributed by atoms with Crippen molar-refractivity contribution in [1.82, 2.24) is 24.9 Å². The van der Waals surface area contributed by atoms with Crippen LogP contribution >= 0.6 is 0 Å². The first kappa shape index (κ1) is 31.0. The molecule has 0 spiro atoms. The van der Waals surface area contributed by atoms with Crippen LogP contribution in [0.25, 0.3) is 111 Å². The monoisotopic (exact) mass is 703 g/mol. The fourth-order valence-electron chi connectivity index (χ4n) is 7.59. The third-order valence-electron chi connectivity index (χ3n) is 10.3. The Labute approximate surface area is 315 Å². The molecule has 4 aromatic heterocycles. The van der Waals surface area contributed by atoms with Gasteiger partial charge in [-0.25, -0.2) is 24.9 Å². The Hall–Kier alpha value is -7.57. The number of para-hydroxylation sites is 2. The van der Waals surface area contributed by atoms with Crippen molar-refractivity contribution >= 4 is 54.5 Å². The van der Waals surface area contributed by atoms with Gasteiger partial charge >= 0.3 is 0 Å². The van der Waals surface area contributed by atoms with Crippen molar-refractivity contribution in [2.75, 3.05) is 0 Å². The Morgan fingerprint density at radius 1 is 0.327 bits per heavy atom. The maximum atomic E-state index is 6.44. The zero-order chi connectivity index (χ0) is 36.3. The number of fused-ring (bicyclic) bond motifs is 7. The van der Waals surface area contributed by atoms with Crippen LogP contribution in [-0.2, 0) is 0 Å². The lowest BCUT2D eigenvalue weighted by atomic mass is 10.0. The summed E-state index contributed by atoms with van der Waals surface area (Å²) < 4.78 is 6.44. The molecule has 0 aliphatic heterocycles. The van der Waals surface area contributed by atoms with Gasteiger partial charge in [0.2, 0.25) is 0 Å². The first-order valence-electron chi connectivity index (χ1n) is 18.3. The topological polar surface area (TPSA) is 77.6 Å². The summed E-state index contributed by atoms with van der Waals surface area (Å²) in [5, 5.41) is 6.50. The van der Waals surface area contributed by atoms with Gasteiger partial charge in [-0.05, 0) is 41.1 Å². The summed E-state index contributed by atoms with van der Waals surface area (Å²) in [4.78, 5) is 25.8. The van der Waals surface area contributed by atoms with E-state index in [9.17, 15) is 0 Å². The highest BCUT2D eigenvalue weighted by Crippen LogP contribution is 2.38. The molecule has 11 rings (SSSR count). The van der Waals surface area contributed by atoms with Crippen molar-refractivity contribution < 1.29 is 4.42 Å². The third kappa shape index (κ3) is 5.31. The van der Waals surface area contributed by atoms with Crippen LogP contribution in [0.5, 0.6) is 0 Å². The van der Waals surface area contributed by atoms with Gasteiger partial charge in [-0.3, -0.25) is 0 Å². The summed E-state index contributed by atoms with van der Waals surface area (Å²) in [5.74, 6) is 1.65. The zero-order valence-corrected chi connectivity index (χ0v) is 29.4. The minimum atomic E-state index is 0.534. The van der Waals surface area contributed by atoms with Gasteiger partial charge in [-0.1, -0.05) is 146 Å². The lowest BCUT2D eigenvalue weighted by molar-refractivity contribution is 0.669. The van der Waals surface area contributed by atoms with Crippen LogP contribution in [0.4, 0.5) is 0 Å². The van der Waals surface area contributed by atoms with E-state index >= 15 is 0 Å². The Morgan fingerprint density at radius 2 is 0.909 bits per heavy atom. The van der Waals surface area contributed by atoms with Gasteiger partial charge in [0.25, 0.3) is 0 Å². The van der Waals surface area contributed by atoms with Crippen LogP contribution in [0.2, 0.25) is 0 Å². The second-order valence-electron chi connectivity index (χ2n) is 13.7. The zero-order valence-electron chi connectivity index (χ0n) is 29.4. The SMILES string of the molecule is c1ccc(-c2nc(-c3ccccc3-c3ccc4ccc5ccc(-c6ccc7ccccc7c6)nc5c4n3)nc(-c3cccc4c3oc3ccccc34)n2)cc1. The number of rotatable bonds is 5. The Morgan fingerprint density at radius 3 is 1.75 bits per heavy atom. The molecule has 0 atom stereocenters. The Kier molecular flexibility index (Phi) is 7.07. The summed E-state index contributed by atoms with van der Waals surface area (Å²) >= 11 is 0. The number of furan rings is 1. The van der Waals surface area contributed by atoms with Crippen molar-refractivity contribution in [1.29, 1.82) is 0 Å². The molecule has 11 aromatic rings. The highest BCUT2D eigenvalue weighted by molar-refractivity contribution is 6.09. The second kappa shape index (κ2) is 12.5. The summed E-state index contributed by atoms with van der Waals surface area (Å²) in [5.41, 5.74) is 9.48. The normalized spacial score (nSPS) is 11.6. The molecule has 256 valence electrons. The quantitative estimate of drug-likeness (QED) is 0.166. The molecular formula is C49H29N5O. The molecule has 0 aliphatic rings. The van der Waals surface area contributed by atoms with E-state index in [4.69, 9.17) is 29.3 Å². The molecule has 4 heterocycles. The van der Waals surface area contributed by atoms with Crippen molar-refractivity contribution in [3.05, 3.63) is 176 Å². The van der Waals surface area contributed by atoms with E-state index in [1.165, 1.54) is 10.8 Å². The average molecular weight is 704 g/mol. The maximum absolute atomic E-state index is 6.44. The lowest BCUT2D eigenvalue weighted by Gasteiger charge is -2.13. The number of nitrogens with zero attached hydrogens (tertiary/aromatic N) is 5. The Bertz CT molecular complexity index is 3280. The number of aromatic nitrogens is 5. The highest BCUT2D eigenvalue weighted by atomic mass is 16.3. The van der Waals surface area contributed by atoms with Gasteiger partial charge in [0, 0.05) is 43.8 Å². The predicted molar refractivity (Wildman–Crippen MR) is 222 cm³/mol. The lowest BCUT2D eigenvalue weighted by Crippen LogP contribution is -2.01. The number of hydrogen-bond donors (Lipinski definition) is 0. The fraction of sp³-hybridized carbons (Fsp3) is 0. The highest BCUT2D eigenvalue weighted by Gasteiger charge is 2.20.